The minimum atomic E-state index is -0.987. The van der Waals surface area contributed by atoms with E-state index >= 15 is 0 Å². The number of carboxylic acid groups (broad SMARTS) is 1. The van der Waals surface area contributed by atoms with Crippen LogP contribution < -0.4 is 0 Å². The van der Waals surface area contributed by atoms with Crippen LogP contribution in [-0.2, 0) is 6.54 Å². The van der Waals surface area contributed by atoms with Gasteiger partial charge in [-0.05, 0) is 38.3 Å². The van der Waals surface area contributed by atoms with Crippen LogP contribution in [0.2, 0.25) is 0 Å². The molecule has 94 valence electrons. The van der Waals surface area contributed by atoms with Gasteiger partial charge in [0.25, 0.3) is 0 Å². The molecule has 1 saturated carbocycles. The lowest BCUT2D eigenvalue weighted by Gasteiger charge is -2.18. The summed E-state index contributed by atoms with van der Waals surface area (Å²) < 4.78 is 5.37. The van der Waals surface area contributed by atoms with Crippen LogP contribution in [0.1, 0.15) is 41.6 Å². The molecule has 17 heavy (non-hydrogen) atoms. The summed E-state index contributed by atoms with van der Waals surface area (Å²) in [5, 5.41) is 8.92. The maximum Gasteiger partial charge on any atom is 0.372 e. The van der Waals surface area contributed by atoms with Gasteiger partial charge in [0.05, 0.1) is 6.54 Å². The van der Waals surface area contributed by atoms with Gasteiger partial charge in [-0.15, -0.1) is 0 Å². The zero-order valence-electron chi connectivity index (χ0n) is 10.4. The fourth-order valence-corrected chi connectivity index (χ4v) is 2.03. The minimum Gasteiger partial charge on any atom is -0.475 e. The summed E-state index contributed by atoms with van der Waals surface area (Å²) in [6.45, 7) is 6.67. The Balaban J connectivity index is 2.00. The summed E-state index contributed by atoms with van der Waals surface area (Å²) in [5.41, 5.74) is 0.704. The second-order valence-corrected chi connectivity index (χ2v) is 4.80. The molecule has 1 aromatic heterocycles. The maximum atomic E-state index is 10.9. The highest BCUT2D eigenvalue weighted by atomic mass is 16.4. The van der Waals surface area contributed by atoms with E-state index in [0.29, 0.717) is 12.1 Å². The van der Waals surface area contributed by atoms with Crippen LogP contribution in [-0.4, -0.2) is 29.1 Å². The number of hydrogen-bond acceptors (Lipinski definition) is 3. The number of aromatic carboxylic acids is 1. The Bertz CT molecular complexity index is 407. The summed E-state index contributed by atoms with van der Waals surface area (Å²) >= 11 is 0. The summed E-state index contributed by atoms with van der Waals surface area (Å²) in [6, 6.07) is 1.83. The third-order valence-electron chi connectivity index (χ3n) is 3.20. The van der Waals surface area contributed by atoms with Crippen molar-refractivity contribution in [2.24, 2.45) is 5.92 Å². The fraction of sp³-hybridized carbons (Fsp3) is 0.615. The quantitative estimate of drug-likeness (QED) is 0.826. The zero-order chi connectivity index (χ0) is 12.4. The van der Waals surface area contributed by atoms with Crippen molar-refractivity contribution in [3.8, 4) is 0 Å². The molecule has 0 amide bonds. The lowest BCUT2D eigenvalue weighted by molar-refractivity contribution is 0.0657. The molecule has 0 atom stereocenters. The number of carbonyl (C=O) groups is 1. The molecule has 1 aliphatic rings. The van der Waals surface area contributed by atoms with E-state index < -0.39 is 5.97 Å². The normalized spacial score (nSPS) is 15.5. The summed E-state index contributed by atoms with van der Waals surface area (Å²) in [5.74, 6) is 0.675. The smallest absolute Gasteiger partial charge is 0.372 e. The van der Waals surface area contributed by atoms with E-state index in [0.717, 1.165) is 24.8 Å². The van der Waals surface area contributed by atoms with E-state index in [2.05, 4.69) is 11.8 Å². The van der Waals surface area contributed by atoms with Crippen LogP contribution in [0.25, 0.3) is 0 Å². The van der Waals surface area contributed by atoms with Gasteiger partial charge in [-0.1, -0.05) is 6.92 Å². The first kappa shape index (κ1) is 12.2. The first-order valence-corrected chi connectivity index (χ1v) is 6.15. The molecule has 1 heterocycles. The molecular weight excluding hydrogens is 218 g/mol. The first-order chi connectivity index (χ1) is 8.10. The highest BCUT2D eigenvalue weighted by Gasteiger charge is 2.24. The van der Waals surface area contributed by atoms with Crippen LogP contribution in [0.4, 0.5) is 0 Å². The van der Waals surface area contributed by atoms with Crippen molar-refractivity contribution < 1.29 is 14.3 Å². The van der Waals surface area contributed by atoms with Crippen LogP contribution in [0, 0.1) is 12.8 Å². The van der Waals surface area contributed by atoms with E-state index in [1.165, 1.54) is 12.8 Å². The Hall–Kier alpha value is -1.29. The molecule has 1 fully saturated rings. The molecule has 0 aromatic carbocycles. The molecule has 1 aliphatic carbocycles. The van der Waals surface area contributed by atoms with Gasteiger partial charge in [-0.25, -0.2) is 4.79 Å². The number of aryl methyl sites for hydroxylation is 1. The van der Waals surface area contributed by atoms with Crippen molar-refractivity contribution in [2.75, 3.05) is 13.1 Å². The molecular formula is C13H19NO3. The van der Waals surface area contributed by atoms with Crippen molar-refractivity contribution in [2.45, 2.75) is 33.2 Å². The average molecular weight is 237 g/mol. The van der Waals surface area contributed by atoms with E-state index in [-0.39, 0.29) is 5.76 Å². The zero-order valence-corrected chi connectivity index (χ0v) is 10.4. The van der Waals surface area contributed by atoms with Crippen LogP contribution in [0.15, 0.2) is 10.5 Å². The minimum absolute atomic E-state index is 0.0717. The van der Waals surface area contributed by atoms with Gasteiger partial charge in [0.2, 0.25) is 5.76 Å². The number of carboxylic acids is 1. The third kappa shape index (κ3) is 3.09. The topological polar surface area (TPSA) is 53.7 Å². The Morgan fingerprint density at radius 1 is 1.59 bits per heavy atom. The van der Waals surface area contributed by atoms with Gasteiger partial charge in [-0.3, -0.25) is 4.90 Å². The monoisotopic (exact) mass is 237 g/mol. The summed E-state index contributed by atoms with van der Waals surface area (Å²) in [4.78, 5) is 13.2. The van der Waals surface area contributed by atoms with Crippen LogP contribution in [0.5, 0.6) is 0 Å². The highest BCUT2D eigenvalue weighted by Crippen LogP contribution is 2.30. The number of furan rings is 1. The molecule has 4 heteroatoms. The van der Waals surface area contributed by atoms with Gasteiger partial charge in [-0.2, -0.15) is 0 Å². The lowest BCUT2D eigenvalue weighted by Crippen LogP contribution is -2.24. The number of rotatable bonds is 6. The van der Waals surface area contributed by atoms with Gasteiger partial charge in [0.15, 0.2) is 0 Å². The SMILES string of the molecule is CCN(Cc1cc(C)c(C(=O)O)o1)CC1CC1. The van der Waals surface area contributed by atoms with Crippen LogP contribution in [0.3, 0.4) is 0 Å². The molecule has 0 radical (unpaired) electrons. The molecule has 1 aromatic rings. The van der Waals surface area contributed by atoms with Gasteiger partial charge >= 0.3 is 5.97 Å². The number of hydrogen-bond donors (Lipinski definition) is 1. The molecule has 0 aliphatic heterocycles. The Labute approximate surface area is 101 Å². The predicted octanol–water partition coefficient (Wildman–Crippen LogP) is 2.52. The van der Waals surface area contributed by atoms with Gasteiger partial charge in [0, 0.05) is 12.1 Å². The van der Waals surface area contributed by atoms with Crippen LogP contribution >= 0.6 is 0 Å². The second kappa shape index (κ2) is 4.92. The Morgan fingerprint density at radius 2 is 2.29 bits per heavy atom. The van der Waals surface area contributed by atoms with Crippen molar-refractivity contribution in [1.29, 1.82) is 0 Å². The van der Waals surface area contributed by atoms with Crippen molar-refractivity contribution >= 4 is 5.97 Å². The standard InChI is InChI=1S/C13H19NO3/c1-3-14(7-10-4-5-10)8-11-6-9(2)12(17-11)13(15)16/h6,10H,3-5,7-8H2,1-2H3,(H,15,16). The number of nitrogens with zero attached hydrogens (tertiary/aromatic N) is 1. The van der Waals surface area contributed by atoms with Gasteiger partial charge in [0.1, 0.15) is 5.76 Å². The van der Waals surface area contributed by atoms with E-state index in [1.54, 1.807) is 6.92 Å². The maximum absolute atomic E-state index is 10.9. The molecule has 0 bridgehead atoms. The Kier molecular flexibility index (Phi) is 3.52. The molecule has 4 nitrogen and oxygen atoms in total. The molecule has 0 saturated heterocycles. The van der Waals surface area contributed by atoms with Crippen molar-refractivity contribution in [3.05, 3.63) is 23.2 Å². The largest absolute Gasteiger partial charge is 0.475 e. The lowest BCUT2D eigenvalue weighted by atomic mass is 10.2. The van der Waals surface area contributed by atoms with Crippen molar-refractivity contribution in [3.63, 3.8) is 0 Å². The molecule has 0 unspecified atom stereocenters. The average Bonchev–Trinajstić information content (AvgIpc) is 3.00. The fourth-order valence-electron chi connectivity index (χ4n) is 2.03. The molecule has 2 rings (SSSR count). The first-order valence-electron chi connectivity index (χ1n) is 6.15. The van der Waals surface area contributed by atoms with E-state index in [9.17, 15) is 4.79 Å². The summed E-state index contributed by atoms with van der Waals surface area (Å²) in [7, 11) is 0. The predicted molar refractivity (Wildman–Crippen MR) is 64.1 cm³/mol. The van der Waals surface area contributed by atoms with Gasteiger partial charge < -0.3 is 9.52 Å². The van der Waals surface area contributed by atoms with Crippen molar-refractivity contribution in [1.82, 2.24) is 4.90 Å². The molecule has 0 spiro atoms. The van der Waals surface area contributed by atoms with E-state index in [4.69, 9.17) is 9.52 Å². The Morgan fingerprint density at radius 3 is 2.76 bits per heavy atom. The third-order valence-corrected chi connectivity index (χ3v) is 3.20. The highest BCUT2D eigenvalue weighted by molar-refractivity contribution is 5.86. The molecule has 1 N–H and O–H groups in total. The van der Waals surface area contributed by atoms with E-state index in [1.807, 2.05) is 6.07 Å². The second-order valence-electron chi connectivity index (χ2n) is 4.80. The summed E-state index contributed by atoms with van der Waals surface area (Å²) in [6.07, 6.45) is 2.65.